The zero-order chi connectivity index (χ0) is 12.5. The van der Waals surface area contributed by atoms with E-state index in [1.165, 1.54) is 0 Å². The van der Waals surface area contributed by atoms with Gasteiger partial charge in [0.1, 0.15) is 5.82 Å². The first-order valence-electron chi connectivity index (χ1n) is 5.50. The van der Waals surface area contributed by atoms with E-state index in [2.05, 4.69) is 20.4 Å². The van der Waals surface area contributed by atoms with Gasteiger partial charge in [0.15, 0.2) is 0 Å². The van der Waals surface area contributed by atoms with Crippen LogP contribution in [0.5, 0.6) is 0 Å². The molecule has 0 aliphatic heterocycles. The van der Waals surface area contributed by atoms with E-state index in [0.29, 0.717) is 5.82 Å². The number of nitrogens with zero attached hydrogens (tertiary/aromatic N) is 4. The fourth-order valence-electron chi connectivity index (χ4n) is 1.81. The number of aryl methyl sites for hydroxylation is 1. The van der Waals surface area contributed by atoms with Crippen LogP contribution in [0.4, 0.5) is 17.5 Å². The van der Waals surface area contributed by atoms with Crippen molar-refractivity contribution in [3.63, 3.8) is 0 Å². The Balaban J connectivity index is 1.97. The summed E-state index contributed by atoms with van der Waals surface area (Å²) in [6.45, 7) is 0. The number of nitrogens with two attached hydrogens (primary N) is 1. The molecule has 0 aliphatic rings. The Morgan fingerprint density at radius 2 is 2.17 bits per heavy atom. The van der Waals surface area contributed by atoms with E-state index in [4.69, 9.17) is 5.73 Å². The zero-order valence-electron chi connectivity index (χ0n) is 9.83. The van der Waals surface area contributed by atoms with Crippen LogP contribution in [-0.4, -0.2) is 19.7 Å². The molecule has 3 aromatic rings. The average Bonchev–Trinajstić information content (AvgIpc) is 2.71. The molecule has 0 saturated heterocycles. The van der Waals surface area contributed by atoms with Gasteiger partial charge in [-0.3, -0.25) is 4.68 Å². The minimum atomic E-state index is 0.251. The number of hydrogen-bond donors (Lipinski definition) is 2. The Morgan fingerprint density at radius 3 is 3.00 bits per heavy atom. The standard InChI is InChI=1S/C12H12N6/c1-18-10-6-9(3-2-8(10)7-15-18)16-11-4-5-14-12(13)17-11/h2-7H,1H3,(H3,13,14,16,17). The van der Waals surface area contributed by atoms with Gasteiger partial charge in [-0.25, -0.2) is 4.98 Å². The number of hydrogen-bond acceptors (Lipinski definition) is 5. The molecule has 3 rings (SSSR count). The lowest BCUT2D eigenvalue weighted by molar-refractivity contribution is 0.797. The first kappa shape index (κ1) is 10.5. The van der Waals surface area contributed by atoms with Crippen molar-refractivity contribution < 1.29 is 0 Å². The highest BCUT2D eigenvalue weighted by molar-refractivity contribution is 5.83. The number of nitrogen functional groups attached to an aromatic ring is 1. The van der Waals surface area contributed by atoms with Crippen molar-refractivity contribution in [2.75, 3.05) is 11.1 Å². The van der Waals surface area contributed by atoms with E-state index < -0.39 is 0 Å². The molecule has 6 heteroatoms. The Labute approximate surface area is 103 Å². The van der Waals surface area contributed by atoms with Crippen molar-refractivity contribution in [1.82, 2.24) is 19.7 Å². The van der Waals surface area contributed by atoms with Crippen LogP contribution in [0, 0.1) is 0 Å². The van der Waals surface area contributed by atoms with E-state index >= 15 is 0 Å². The van der Waals surface area contributed by atoms with Crippen LogP contribution in [0.25, 0.3) is 10.9 Å². The fraction of sp³-hybridized carbons (Fsp3) is 0.0833. The molecule has 1 aromatic carbocycles. The van der Waals surface area contributed by atoms with Crippen LogP contribution in [0.3, 0.4) is 0 Å². The number of aromatic nitrogens is 4. The second kappa shape index (κ2) is 3.99. The molecule has 0 spiro atoms. The second-order valence-corrected chi connectivity index (χ2v) is 3.97. The number of benzene rings is 1. The summed E-state index contributed by atoms with van der Waals surface area (Å²) in [5.74, 6) is 0.922. The third kappa shape index (κ3) is 1.84. The molecule has 3 N–H and O–H groups in total. The van der Waals surface area contributed by atoms with Gasteiger partial charge in [-0.05, 0) is 24.3 Å². The van der Waals surface area contributed by atoms with Crippen LogP contribution in [0.1, 0.15) is 0 Å². The lowest BCUT2D eigenvalue weighted by Gasteiger charge is -2.06. The number of rotatable bonds is 2. The average molecular weight is 240 g/mol. The molecule has 0 unspecified atom stereocenters. The highest BCUT2D eigenvalue weighted by Gasteiger charge is 2.02. The summed E-state index contributed by atoms with van der Waals surface area (Å²) < 4.78 is 1.83. The van der Waals surface area contributed by atoms with E-state index in [9.17, 15) is 0 Å². The number of anilines is 3. The molecule has 90 valence electrons. The first-order valence-corrected chi connectivity index (χ1v) is 5.50. The van der Waals surface area contributed by atoms with Crippen molar-refractivity contribution in [2.45, 2.75) is 0 Å². The summed E-state index contributed by atoms with van der Waals surface area (Å²) in [6, 6.07) is 7.77. The quantitative estimate of drug-likeness (QED) is 0.712. The molecule has 2 aromatic heterocycles. The molecule has 0 atom stereocenters. The maximum atomic E-state index is 5.53. The van der Waals surface area contributed by atoms with E-state index in [1.807, 2.05) is 36.1 Å². The molecule has 2 heterocycles. The summed E-state index contributed by atoms with van der Waals surface area (Å²) >= 11 is 0. The predicted molar refractivity (Wildman–Crippen MR) is 70.4 cm³/mol. The van der Waals surface area contributed by atoms with Crippen LogP contribution in [0.15, 0.2) is 36.7 Å². The van der Waals surface area contributed by atoms with Crippen LogP contribution in [0.2, 0.25) is 0 Å². The lowest BCUT2D eigenvalue weighted by atomic mass is 10.2. The minimum Gasteiger partial charge on any atom is -0.368 e. The van der Waals surface area contributed by atoms with Gasteiger partial charge in [0, 0.05) is 24.3 Å². The van der Waals surface area contributed by atoms with Crippen LogP contribution < -0.4 is 11.1 Å². The van der Waals surface area contributed by atoms with Gasteiger partial charge < -0.3 is 11.1 Å². The van der Waals surface area contributed by atoms with Gasteiger partial charge in [-0.1, -0.05) is 0 Å². The zero-order valence-corrected chi connectivity index (χ0v) is 9.83. The summed E-state index contributed by atoms with van der Waals surface area (Å²) in [6.07, 6.45) is 3.45. The molecule has 6 nitrogen and oxygen atoms in total. The Hall–Kier alpha value is -2.63. The summed E-state index contributed by atoms with van der Waals surface area (Å²) in [7, 11) is 1.91. The molecule has 0 saturated carbocycles. The fourth-order valence-corrected chi connectivity index (χ4v) is 1.81. The van der Waals surface area contributed by atoms with Gasteiger partial charge in [0.2, 0.25) is 5.95 Å². The highest BCUT2D eigenvalue weighted by Crippen LogP contribution is 2.20. The highest BCUT2D eigenvalue weighted by atomic mass is 15.2. The smallest absolute Gasteiger partial charge is 0.221 e. The van der Waals surface area contributed by atoms with Crippen LogP contribution >= 0.6 is 0 Å². The van der Waals surface area contributed by atoms with Gasteiger partial charge in [0.05, 0.1) is 11.7 Å². The minimum absolute atomic E-state index is 0.251. The first-order chi connectivity index (χ1) is 8.72. The van der Waals surface area contributed by atoms with Crippen LogP contribution in [-0.2, 0) is 7.05 Å². The second-order valence-electron chi connectivity index (χ2n) is 3.97. The molecule has 0 amide bonds. The third-order valence-corrected chi connectivity index (χ3v) is 2.70. The lowest BCUT2D eigenvalue weighted by Crippen LogP contribution is -1.99. The normalized spacial score (nSPS) is 10.7. The van der Waals surface area contributed by atoms with Crippen molar-refractivity contribution in [2.24, 2.45) is 7.05 Å². The van der Waals surface area contributed by atoms with E-state index in [1.54, 1.807) is 12.3 Å². The van der Waals surface area contributed by atoms with Crippen molar-refractivity contribution in [3.8, 4) is 0 Å². The number of nitrogens with one attached hydrogen (secondary N) is 1. The van der Waals surface area contributed by atoms with Crippen molar-refractivity contribution >= 4 is 28.4 Å². The Bertz CT molecular complexity index is 703. The predicted octanol–water partition coefficient (Wildman–Crippen LogP) is 1.69. The van der Waals surface area contributed by atoms with Gasteiger partial charge >= 0.3 is 0 Å². The van der Waals surface area contributed by atoms with Gasteiger partial charge in [-0.2, -0.15) is 10.1 Å². The topological polar surface area (TPSA) is 81.7 Å². The molecule has 0 aliphatic carbocycles. The molecular weight excluding hydrogens is 228 g/mol. The third-order valence-electron chi connectivity index (χ3n) is 2.70. The van der Waals surface area contributed by atoms with Crippen molar-refractivity contribution in [3.05, 3.63) is 36.7 Å². The SMILES string of the molecule is Cn1ncc2ccc(Nc3ccnc(N)n3)cc21. The molecule has 18 heavy (non-hydrogen) atoms. The number of fused-ring (bicyclic) bond motifs is 1. The van der Waals surface area contributed by atoms with Crippen molar-refractivity contribution in [1.29, 1.82) is 0 Å². The Morgan fingerprint density at radius 1 is 1.28 bits per heavy atom. The summed E-state index contributed by atoms with van der Waals surface area (Å²) in [5, 5.41) is 8.49. The van der Waals surface area contributed by atoms with Gasteiger partial charge in [0.25, 0.3) is 0 Å². The summed E-state index contributed by atoms with van der Waals surface area (Å²) in [5.41, 5.74) is 7.53. The van der Waals surface area contributed by atoms with E-state index in [0.717, 1.165) is 16.6 Å². The van der Waals surface area contributed by atoms with Gasteiger partial charge in [-0.15, -0.1) is 0 Å². The monoisotopic (exact) mass is 240 g/mol. The molecule has 0 bridgehead atoms. The maximum Gasteiger partial charge on any atom is 0.221 e. The molecular formula is C12H12N6. The molecule has 0 radical (unpaired) electrons. The summed E-state index contributed by atoms with van der Waals surface area (Å²) in [4.78, 5) is 7.94. The largest absolute Gasteiger partial charge is 0.368 e. The van der Waals surface area contributed by atoms with E-state index in [-0.39, 0.29) is 5.95 Å². The Kier molecular flexibility index (Phi) is 2.33. The maximum absolute atomic E-state index is 5.53. The molecule has 0 fully saturated rings.